The molecule has 2 heterocycles. The van der Waals surface area contributed by atoms with Crippen LogP contribution in [0.3, 0.4) is 0 Å². The van der Waals surface area contributed by atoms with Gasteiger partial charge in [-0.05, 0) is 80.5 Å². The number of para-hydroxylation sites is 4. The van der Waals surface area contributed by atoms with E-state index in [0.29, 0.717) is 26.3 Å². The Kier molecular flexibility index (Phi) is 13.6. The van der Waals surface area contributed by atoms with Crippen molar-refractivity contribution in [2.75, 3.05) is 31.2 Å². The van der Waals surface area contributed by atoms with Crippen LogP contribution in [0.4, 0.5) is 11.4 Å². The summed E-state index contributed by atoms with van der Waals surface area (Å²) in [4.78, 5) is 17.0. The summed E-state index contributed by atoms with van der Waals surface area (Å²) in [5.41, 5.74) is 6.68. The molecule has 6 heteroatoms. The first-order chi connectivity index (χ1) is 31.3. The third kappa shape index (κ3) is 9.12. The van der Waals surface area contributed by atoms with Gasteiger partial charge in [0, 0.05) is 45.7 Å². The predicted molar refractivity (Wildman–Crippen MR) is 258 cm³/mol. The maximum atomic E-state index is 14.7. The van der Waals surface area contributed by atoms with E-state index < -0.39 is 0 Å². The van der Waals surface area contributed by atoms with E-state index in [-0.39, 0.29) is 33.5 Å². The third-order valence-corrected chi connectivity index (χ3v) is 15.5. The van der Waals surface area contributed by atoms with Gasteiger partial charge in [0.15, 0.2) is 18.0 Å². The molecule has 2 saturated carbocycles. The summed E-state index contributed by atoms with van der Waals surface area (Å²) in [6.45, 7) is 6.80. The lowest BCUT2D eigenvalue weighted by atomic mass is 9.73. The van der Waals surface area contributed by atoms with Gasteiger partial charge in [0.1, 0.15) is 24.7 Å². The Morgan fingerprint density at radius 1 is 0.656 bits per heavy atom. The number of fused-ring (bicyclic) bond motifs is 2. The molecule has 4 aromatic rings. The zero-order valence-electron chi connectivity index (χ0n) is 38.4. The Labute approximate surface area is 382 Å². The number of benzene rings is 4. The van der Waals surface area contributed by atoms with Gasteiger partial charge in [0.2, 0.25) is 5.69 Å². The number of allylic oxidation sites excluding steroid dienone is 5. The van der Waals surface area contributed by atoms with Crippen LogP contribution < -0.4 is 19.5 Å². The normalized spacial score (nSPS) is 23.4. The fourth-order valence-corrected chi connectivity index (χ4v) is 11.9. The molecule has 0 bridgehead atoms. The van der Waals surface area contributed by atoms with Crippen molar-refractivity contribution in [3.63, 3.8) is 0 Å². The Hall–Kier alpha value is -5.36. The lowest BCUT2D eigenvalue weighted by molar-refractivity contribution is -0.440. The number of unbranched alkanes of at least 4 members (excludes halogenated alkanes) is 2. The van der Waals surface area contributed by atoms with E-state index in [1.807, 2.05) is 72.8 Å². The standard InChI is InChI=1S/C58H68N2O4/c1-57(35-19-17-25-43-21-9-10-22-43)49-31-13-15-33-51(49)59(37-39-63-45-27-5-3-6-28-45)53(57)41-47-55(61)48(56(47)62)42-54-58(2,36-20-18-26-44-23-11-12-24-44)50-32-14-16-34-52(50)60(54)38-40-64-46-29-7-4-8-30-46/h3-8,13-16,27-34,41-44H,9-12,17-26,35-40H2,1-2H3. The molecule has 0 amide bonds. The molecule has 2 atom stereocenters. The van der Waals surface area contributed by atoms with Gasteiger partial charge < -0.3 is 19.5 Å². The van der Waals surface area contributed by atoms with Crippen molar-refractivity contribution in [1.29, 1.82) is 0 Å². The number of hydrogen-bond donors (Lipinski definition) is 0. The highest BCUT2D eigenvalue weighted by molar-refractivity contribution is 6.24. The molecule has 2 unspecified atom stereocenters. The molecule has 2 fully saturated rings. The van der Waals surface area contributed by atoms with E-state index in [0.717, 1.165) is 71.8 Å². The summed E-state index contributed by atoms with van der Waals surface area (Å²) in [6, 6.07) is 37.2. The largest absolute Gasteiger partial charge is 0.871 e. The van der Waals surface area contributed by atoms with Crippen molar-refractivity contribution < 1.29 is 24.0 Å². The van der Waals surface area contributed by atoms with Gasteiger partial charge in [-0.15, -0.1) is 0 Å². The van der Waals surface area contributed by atoms with Gasteiger partial charge in [-0.2, -0.15) is 4.58 Å². The number of carbonyl (C=O) groups is 1. The first-order valence-electron chi connectivity index (χ1n) is 24.7. The first-order valence-corrected chi connectivity index (χ1v) is 24.7. The predicted octanol–water partition coefficient (Wildman–Crippen LogP) is 12.5. The minimum absolute atomic E-state index is 0.162. The monoisotopic (exact) mass is 857 g/mol. The maximum Gasteiger partial charge on any atom is 0.209 e. The van der Waals surface area contributed by atoms with Crippen molar-refractivity contribution in [3.8, 4) is 11.5 Å². The smallest absolute Gasteiger partial charge is 0.209 e. The highest BCUT2D eigenvalue weighted by atomic mass is 16.5. The van der Waals surface area contributed by atoms with Crippen LogP contribution in [0.15, 0.2) is 144 Å². The minimum atomic E-state index is -0.361. The van der Waals surface area contributed by atoms with Crippen molar-refractivity contribution in [3.05, 3.63) is 155 Å². The van der Waals surface area contributed by atoms with Crippen LogP contribution in [0.2, 0.25) is 0 Å². The van der Waals surface area contributed by atoms with E-state index in [1.54, 1.807) is 0 Å². The van der Waals surface area contributed by atoms with Crippen LogP contribution in [0.1, 0.15) is 128 Å². The van der Waals surface area contributed by atoms with E-state index >= 15 is 0 Å². The van der Waals surface area contributed by atoms with Crippen molar-refractivity contribution in [2.45, 2.75) is 127 Å². The second kappa shape index (κ2) is 19.8. The quantitative estimate of drug-likeness (QED) is 0.0503. The topological polar surface area (TPSA) is 64.8 Å². The Morgan fingerprint density at radius 3 is 1.83 bits per heavy atom. The number of anilines is 1. The molecule has 0 saturated heterocycles. The van der Waals surface area contributed by atoms with E-state index in [2.05, 4.69) is 71.9 Å². The number of ether oxygens (including phenoxy) is 2. The van der Waals surface area contributed by atoms with Gasteiger partial charge in [0.25, 0.3) is 0 Å². The van der Waals surface area contributed by atoms with Crippen LogP contribution >= 0.6 is 0 Å². The molecular formula is C58H68N2O4. The number of nitrogens with zero attached hydrogens (tertiary/aromatic N) is 2. The van der Waals surface area contributed by atoms with Crippen molar-refractivity contribution in [1.82, 2.24) is 0 Å². The second-order valence-electron chi connectivity index (χ2n) is 19.7. The molecule has 0 N–H and O–H groups in total. The zero-order chi connectivity index (χ0) is 43.9. The Bertz CT molecular complexity index is 2380. The summed E-state index contributed by atoms with van der Waals surface area (Å²) in [5, 5.41) is 14.7. The molecule has 0 radical (unpaired) electrons. The van der Waals surface area contributed by atoms with Crippen LogP contribution in [-0.4, -0.2) is 42.4 Å². The molecule has 0 aromatic heterocycles. The van der Waals surface area contributed by atoms with Crippen molar-refractivity contribution in [2.24, 2.45) is 11.8 Å². The molecule has 3 aliphatic carbocycles. The van der Waals surface area contributed by atoms with Crippen LogP contribution in [0.5, 0.6) is 11.5 Å². The first kappa shape index (κ1) is 43.9. The molecule has 0 spiro atoms. The van der Waals surface area contributed by atoms with Gasteiger partial charge in [-0.25, -0.2) is 0 Å². The molecule has 334 valence electrons. The number of carbonyl (C=O) groups excluding carboxylic acids is 1. The average molecular weight is 857 g/mol. The summed E-state index contributed by atoms with van der Waals surface area (Å²) in [6.07, 6.45) is 23.9. The molecule has 5 aliphatic rings. The molecule has 2 aliphatic heterocycles. The van der Waals surface area contributed by atoms with Gasteiger partial charge in [0.05, 0.1) is 12.0 Å². The Morgan fingerprint density at radius 2 is 1.20 bits per heavy atom. The molecular weight excluding hydrogens is 789 g/mol. The number of ketones is 1. The third-order valence-electron chi connectivity index (χ3n) is 15.5. The average Bonchev–Trinajstić information content (AvgIpc) is 4.14. The number of Topliss-reactive ketones (excluding diaryl/α,β-unsaturated/α-hetero) is 1. The second-order valence-corrected chi connectivity index (χ2v) is 19.7. The highest BCUT2D eigenvalue weighted by Gasteiger charge is 2.49. The molecule has 4 aromatic carbocycles. The lowest BCUT2D eigenvalue weighted by Crippen LogP contribution is -2.37. The van der Waals surface area contributed by atoms with Gasteiger partial charge >= 0.3 is 0 Å². The fraction of sp³-hybridized carbons (Fsp3) is 0.448. The van der Waals surface area contributed by atoms with Gasteiger partial charge in [-0.3, -0.25) is 4.79 Å². The van der Waals surface area contributed by atoms with E-state index in [1.165, 1.54) is 88.2 Å². The van der Waals surface area contributed by atoms with Crippen LogP contribution in [0, 0.1) is 11.8 Å². The summed E-state index contributed by atoms with van der Waals surface area (Å²) >= 11 is 0. The van der Waals surface area contributed by atoms with Crippen LogP contribution in [-0.2, 0) is 15.6 Å². The molecule has 6 nitrogen and oxygen atoms in total. The lowest BCUT2D eigenvalue weighted by Gasteiger charge is -2.34. The van der Waals surface area contributed by atoms with Gasteiger partial charge in [-0.1, -0.05) is 168 Å². The van der Waals surface area contributed by atoms with Crippen LogP contribution in [0.25, 0.3) is 0 Å². The number of rotatable bonds is 20. The van der Waals surface area contributed by atoms with E-state index in [4.69, 9.17) is 9.47 Å². The van der Waals surface area contributed by atoms with Crippen molar-refractivity contribution >= 4 is 22.9 Å². The molecule has 9 rings (SSSR count). The van der Waals surface area contributed by atoms with E-state index in [9.17, 15) is 9.90 Å². The number of hydrogen-bond acceptors (Lipinski definition) is 5. The zero-order valence-corrected chi connectivity index (χ0v) is 38.4. The summed E-state index contributed by atoms with van der Waals surface area (Å²) in [7, 11) is 0. The SMILES string of the molecule is CC1(CCCCC2CCCC2)C(/C=C2/C(=O)C(/C=C3\N(CCOc4ccccc4)c4ccccc4C3(C)CCCCC3CCCC3)=C2[O-])=[N+](CCOc2ccccc2)c2ccccc21. The highest BCUT2D eigenvalue weighted by Crippen LogP contribution is 2.52. The minimum Gasteiger partial charge on any atom is -0.871 e. The fourth-order valence-electron chi connectivity index (χ4n) is 11.9. The summed E-state index contributed by atoms with van der Waals surface area (Å²) in [5.74, 6) is 3.05. The summed E-state index contributed by atoms with van der Waals surface area (Å²) < 4.78 is 14.9. The molecule has 64 heavy (non-hydrogen) atoms. The Balaban J connectivity index is 1.05. The maximum absolute atomic E-state index is 14.7.